The molecule has 3 nitrogen and oxygen atoms in total. The number of aromatic amines is 1. The van der Waals surface area contributed by atoms with Crippen molar-refractivity contribution in [1.29, 1.82) is 0 Å². The normalized spacial score (nSPS) is 10.8. The molecule has 0 amide bonds. The van der Waals surface area contributed by atoms with Crippen molar-refractivity contribution in [2.75, 3.05) is 0 Å². The van der Waals surface area contributed by atoms with Crippen molar-refractivity contribution in [2.24, 2.45) is 7.05 Å². The highest BCUT2D eigenvalue weighted by atomic mass is 127. The van der Waals surface area contributed by atoms with Crippen LogP contribution in [0.5, 0.6) is 0 Å². The number of nitrogens with zero attached hydrogens (tertiary/aromatic N) is 1. The summed E-state index contributed by atoms with van der Waals surface area (Å²) in [5.74, 6) is 0. The van der Waals surface area contributed by atoms with Gasteiger partial charge in [-0.05, 0) is 28.7 Å². The topological polar surface area (TPSA) is 37.8 Å². The van der Waals surface area contributed by atoms with E-state index in [0.717, 1.165) is 14.5 Å². The molecule has 0 radical (unpaired) electrons. The molecular weight excluding hydrogens is 267 g/mol. The first kappa shape index (κ1) is 7.85. The maximum absolute atomic E-state index is 11.3. The summed E-state index contributed by atoms with van der Waals surface area (Å²) < 4.78 is 2.95. The van der Waals surface area contributed by atoms with E-state index < -0.39 is 0 Å². The predicted octanol–water partition coefficient (Wildman–Crippen LogP) is 1.47. The number of aromatic nitrogens is 2. The summed E-state index contributed by atoms with van der Waals surface area (Å²) in [7, 11) is 1.87. The van der Waals surface area contributed by atoms with Gasteiger partial charge in [0.2, 0.25) is 0 Å². The molecule has 62 valence electrons. The molecule has 2 heterocycles. The summed E-state index contributed by atoms with van der Waals surface area (Å²) >= 11 is 2.22. The van der Waals surface area contributed by atoms with Crippen molar-refractivity contribution in [3.63, 3.8) is 0 Å². The van der Waals surface area contributed by atoms with Crippen LogP contribution in [0.2, 0.25) is 0 Å². The van der Waals surface area contributed by atoms with Crippen LogP contribution >= 0.6 is 22.6 Å². The van der Waals surface area contributed by atoms with Crippen molar-refractivity contribution in [2.45, 2.75) is 0 Å². The second kappa shape index (κ2) is 2.62. The molecule has 0 unspecified atom stereocenters. The van der Waals surface area contributed by atoms with Crippen LogP contribution in [-0.2, 0) is 7.05 Å². The van der Waals surface area contributed by atoms with Gasteiger partial charge >= 0.3 is 0 Å². The molecule has 0 fully saturated rings. The second-order valence-corrected chi connectivity index (χ2v) is 3.82. The van der Waals surface area contributed by atoms with Crippen molar-refractivity contribution in [3.8, 4) is 0 Å². The summed E-state index contributed by atoms with van der Waals surface area (Å²) in [5, 5.41) is 1.02. The maximum atomic E-state index is 11.3. The third-order valence-electron chi connectivity index (χ3n) is 1.85. The molecular formula is C8H7IN2O. The Morgan fingerprint density at radius 3 is 3.00 bits per heavy atom. The number of pyridine rings is 1. The van der Waals surface area contributed by atoms with E-state index in [-0.39, 0.29) is 5.56 Å². The molecule has 1 N–H and O–H groups in total. The van der Waals surface area contributed by atoms with E-state index in [9.17, 15) is 4.79 Å². The van der Waals surface area contributed by atoms with E-state index in [1.54, 1.807) is 6.20 Å². The Morgan fingerprint density at radius 2 is 2.33 bits per heavy atom. The average molecular weight is 274 g/mol. The van der Waals surface area contributed by atoms with Crippen LogP contribution in [0.25, 0.3) is 10.9 Å². The summed E-state index contributed by atoms with van der Waals surface area (Å²) in [4.78, 5) is 14.0. The quantitative estimate of drug-likeness (QED) is 0.726. The zero-order chi connectivity index (χ0) is 8.72. The summed E-state index contributed by atoms with van der Waals surface area (Å²) in [6.07, 6.45) is 3.62. The molecule has 0 aliphatic carbocycles. The molecule has 0 aliphatic rings. The number of hydrogen-bond donors (Lipinski definition) is 1. The van der Waals surface area contributed by atoms with Crippen LogP contribution in [0, 0.1) is 3.57 Å². The highest BCUT2D eigenvalue weighted by Crippen LogP contribution is 2.17. The fourth-order valence-corrected chi connectivity index (χ4v) is 2.17. The van der Waals surface area contributed by atoms with Crippen molar-refractivity contribution in [1.82, 2.24) is 9.55 Å². The minimum absolute atomic E-state index is 0.0297. The van der Waals surface area contributed by atoms with Gasteiger partial charge in [-0.1, -0.05) is 0 Å². The lowest BCUT2D eigenvalue weighted by Crippen LogP contribution is -2.07. The number of rotatable bonds is 0. The van der Waals surface area contributed by atoms with Gasteiger partial charge in [-0.15, -0.1) is 0 Å². The fourth-order valence-electron chi connectivity index (χ4n) is 1.32. The predicted molar refractivity (Wildman–Crippen MR) is 56.3 cm³/mol. The number of H-pyrrole nitrogens is 1. The molecule has 2 aromatic heterocycles. The zero-order valence-electron chi connectivity index (χ0n) is 6.47. The molecule has 2 aromatic rings. The van der Waals surface area contributed by atoms with Gasteiger partial charge in [-0.3, -0.25) is 4.79 Å². The lowest BCUT2D eigenvalue weighted by atomic mass is 10.3. The van der Waals surface area contributed by atoms with Gasteiger partial charge in [0.15, 0.2) is 0 Å². The van der Waals surface area contributed by atoms with Crippen molar-refractivity contribution >= 4 is 33.5 Å². The number of nitrogens with one attached hydrogen (secondary N) is 1. The number of fused-ring (bicyclic) bond motifs is 1. The third-order valence-corrected chi connectivity index (χ3v) is 2.71. The van der Waals surface area contributed by atoms with Crippen LogP contribution in [0.4, 0.5) is 0 Å². The maximum Gasteiger partial charge on any atom is 0.272 e. The molecule has 12 heavy (non-hydrogen) atoms. The lowest BCUT2D eigenvalue weighted by Gasteiger charge is -1.91. The third kappa shape index (κ3) is 0.979. The van der Waals surface area contributed by atoms with Gasteiger partial charge in [0.25, 0.3) is 5.56 Å². The Morgan fingerprint density at radius 1 is 1.58 bits per heavy atom. The molecule has 0 saturated heterocycles. The van der Waals surface area contributed by atoms with Gasteiger partial charge < -0.3 is 9.55 Å². The van der Waals surface area contributed by atoms with Crippen molar-refractivity contribution < 1.29 is 0 Å². The number of aryl methyl sites for hydroxylation is 1. The summed E-state index contributed by atoms with van der Waals surface area (Å²) in [5.41, 5.74) is 0.708. The van der Waals surface area contributed by atoms with E-state index in [2.05, 4.69) is 27.6 Å². The molecule has 0 aromatic carbocycles. The van der Waals surface area contributed by atoms with Crippen LogP contribution in [0.3, 0.4) is 0 Å². The SMILES string of the molecule is Cn1cc(I)c2cc[nH]c(=O)c21. The lowest BCUT2D eigenvalue weighted by molar-refractivity contribution is 0.955. The van der Waals surface area contributed by atoms with Crippen LogP contribution < -0.4 is 5.56 Å². The minimum Gasteiger partial charge on any atom is -0.345 e. The molecule has 0 spiro atoms. The first-order valence-electron chi connectivity index (χ1n) is 3.52. The van der Waals surface area contributed by atoms with Crippen LogP contribution in [0.15, 0.2) is 23.3 Å². The minimum atomic E-state index is -0.0297. The fraction of sp³-hybridized carbons (Fsp3) is 0.125. The molecule has 4 heteroatoms. The molecule has 0 atom stereocenters. The Kier molecular flexibility index (Phi) is 1.71. The summed E-state index contributed by atoms with van der Waals surface area (Å²) in [6, 6.07) is 1.92. The zero-order valence-corrected chi connectivity index (χ0v) is 8.62. The van der Waals surface area contributed by atoms with E-state index in [4.69, 9.17) is 0 Å². The average Bonchev–Trinajstić information content (AvgIpc) is 2.29. The van der Waals surface area contributed by atoms with Gasteiger partial charge in [-0.2, -0.15) is 0 Å². The van der Waals surface area contributed by atoms with E-state index >= 15 is 0 Å². The summed E-state index contributed by atoms with van der Waals surface area (Å²) in [6.45, 7) is 0. The van der Waals surface area contributed by atoms with Gasteiger partial charge in [0, 0.05) is 28.4 Å². The smallest absolute Gasteiger partial charge is 0.272 e. The Bertz CT molecular complexity index is 483. The van der Waals surface area contributed by atoms with Crippen molar-refractivity contribution in [3.05, 3.63) is 32.4 Å². The number of halogens is 1. The highest BCUT2D eigenvalue weighted by molar-refractivity contribution is 14.1. The van der Waals surface area contributed by atoms with E-state index in [0.29, 0.717) is 0 Å². The number of hydrogen-bond acceptors (Lipinski definition) is 1. The Balaban J connectivity index is 3.09. The molecule has 0 bridgehead atoms. The molecule has 0 saturated carbocycles. The molecule has 2 rings (SSSR count). The van der Waals surface area contributed by atoms with Gasteiger partial charge in [0.05, 0.1) is 0 Å². The Hall–Kier alpha value is -0.780. The molecule has 0 aliphatic heterocycles. The second-order valence-electron chi connectivity index (χ2n) is 2.66. The standard InChI is InChI=1S/C8H7IN2O/c1-11-4-6(9)5-2-3-10-8(12)7(5)11/h2-4H,1H3,(H,10,12). The van der Waals surface area contributed by atoms with Crippen LogP contribution in [-0.4, -0.2) is 9.55 Å². The first-order valence-corrected chi connectivity index (χ1v) is 4.60. The monoisotopic (exact) mass is 274 g/mol. The first-order chi connectivity index (χ1) is 5.70. The van der Waals surface area contributed by atoms with E-state index in [1.165, 1.54) is 0 Å². The van der Waals surface area contributed by atoms with E-state index in [1.807, 2.05) is 23.9 Å². The van der Waals surface area contributed by atoms with Gasteiger partial charge in [0.1, 0.15) is 5.52 Å². The highest BCUT2D eigenvalue weighted by Gasteiger charge is 2.05. The van der Waals surface area contributed by atoms with Crippen LogP contribution in [0.1, 0.15) is 0 Å². The largest absolute Gasteiger partial charge is 0.345 e. The Labute approximate surface area is 82.5 Å². The van der Waals surface area contributed by atoms with Gasteiger partial charge in [-0.25, -0.2) is 0 Å².